The van der Waals surface area contributed by atoms with Gasteiger partial charge in [-0.2, -0.15) is 0 Å². The van der Waals surface area contributed by atoms with Crippen molar-refractivity contribution < 1.29 is 0 Å². The monoisotopic (exact) mass is 324 g/mol. The summed E-state index contributed by atoms with van der Waals surface area (Å²) < 4.78 is 0. The first-order chi connectivity index (χ1) is 12.4. The van der Waals surface area contributed by atoms with E-state index in [1.807, 2.05) is 30.6 Å². The molecule has 0 amide bonds. The Morgan fingerprint density at radius 3 is 2.36 bits per heavy atom. The van der Waals surface area contributed by atoms with E-state index >= 15 is 0 Å². The van der Waals surface area contributed by atoms with Crippen molar-refractivity contribution in [3.05, 3.63) is 84.3 Å². The second-order valence-corrected chi connectivity index (χ2v) is 6.13. The van der Waals surface area contributed by atoms with E-state index in [1.165, 1.54) is 27.5 Å². The summed E-state index contributed by atoms with van der Waals surface area (Å²) in [5.41, 5.74) is 6.66. The number of nitrogens with zero attached hydrogens (tertiary/aromatic N) is 2. The van der Waals surface area contributed by atoms with Crippen molar-refractivity contribution in [2.75, 3.05) is 0 Å². The van der Waals surface area contributed by atoms with E-state index in [0.717, 1.165) is 23.4 Å². The molecule has 0 aliphatic heterocycles. The molecule has 0 bridgehead atoms. The molecule has 4 heteroatoms. The number of hydrogen-bond donors (Lipinski definition) is 2. The molecule has 4 heterocycles. The van der Waals surface area contributed by atoms with Crippen LogP contribution in [0.2, 0.25) is 0 Å². The average Bonchev–Trinajstić information content (AvgIpc) is 3.25. The summed E-state index contributed by atoms with van der Waals surface area (Å²) >= 11 is 0. The highest BCUT2D eigenvalue weighted by molar-refractivity contribution is 5.90. The van der Waals surface area contributed by atoms with Crippen LogP contribution in [0.5, 0.6) is 0 Å². The fourth-order valence-electron chi connectivity index (χ4n) is 3.46. The van der Waals surface area contributed by atoms with Crippen molar-refractivity contribution in [3.8, 4) is 11.3 Å². The van der Waals surface area contributed by atoms with Gasteiger partial charge in [-0.1, -0.05) is 30.3 Å². The van der Waals surface area contributed by atoms with Gasteiger partial charge in [0, 0.05) is 35.8 Å². The summed E-state index contributed by atoms with van der Waals surface area (Å²) in [7, 11) is 0. The van der Waals surface area contributed by atoms with Crippen LogP contribution in [-0.4, -0.2) is 19.9 Å². The highest BCUT2D eigenvalue weighted by Gasteiger charge is 2.16. The minimum atomic E-state index is 0.821. The Hall–Kier alpha value is -3.40. The molecule has 0 fully saturated rings. The molecule has 25 heavy (non-hydrogen) atoms. The van der Waals surface area contributed by atoms with Gasteiger partial charge in [0.15, 0.2) is 0 Å². The summed E-state index contributed by atoms with van der Waals surface area (Å²) in [4.78, 5) is 15.7. The Morgan fingerprint density at radius 2 is 1.52 bits per heavy atom. The second kappa shape index (κ2) is 5.60. The minimum absolute atomic E-state index is 0.821. The van der Waals surface area contributed by atoms with Crippen LogP contribution >= 0.6 is 0 Å². The normalized spacial score (nSPS) is 11.4. The third kappa shape index (κ3) is 2.31. The summed E-state index contributed by atoms with van der Waals surface area (Å²) in [6.07, 6.45) is 6.52. The Kier molecular flexibility index (Phi) is 3.13. The lowest BCUT2D eigenvalue weighted by Gasteiger charge is -2.05. The first-order valence-electron chi connectivity index (χ1n) is 8.32. The smallest absolute Gasteiger partial charge is 0.137 e. The second-order valence-electron chi connectivity index (χ2n) is 6.13. The fourth-order valence-corrected chi connectivity index (χ4v) is 3.46. The highest BCUT2D eigenvalue weighted by Crippen LogP contribution is 2.32. The number of fused-ring (bicyclic) bond motifs is 2. The number of pyridine rings is 2. The molecular formula is C21H16N4. The lowest BCUT2D eigenvalue weighted by atomic mass is 9.99. The van der Waals surface area contributed by atoms with Crippen LogP contribution in [0, 0.1) is 0 Å². The molecule has 2 N–H and O–H groups in total. The molecule has 0 saturated heterocycles. The molecule has 120 valence electrons. The van der Waals surface area contributed by atoms with Crippen molar-refractivity contribution in [2.45, 2.75) is 6.42 Å². The van der Waals surface area contributed by atoms with Crippen molar-refractivity contribution in [3.63, 3.8) is 0 Å². The third-order valence-electron chi connectivity index (χ3n) is 4.64. The van der Waals surface area contributed by atoms with E-state index in [1.54, 1.807) is 0 Å². The van der Waals surface area contributed by atoms with E-state index in [9.17, 15) is 0 Å². The SMILES string of the molecule is c1ccc(-c2[nH]c3ncccc3c2Cc2c[nH]c3ncccc23)cc1. The van der Waals surface area contributed by atoms with Gasteiger partial charge < -0.3 is 9.97 Å². The van der Waals surface area contributed by atoms with Gasteiger partial charge >= 0.3 is 0 Å². The van der Waals surface area contributed by atoms with Gasteiger partial charge in [0.1, 0.15) is 11.3 Å². The predicted molar refractivity (Wildman–Crippen MR) is 100 cm³/mol. The van der Waals surface area contributed by atoms with E-state index in [0.29, 0.717) is 0 Å². The topological polar surface area (TPSA) is 57.4 Å². The zero-order valence-electron chi connectivity index (χ0n) is 13.5. The van der Waals surface area contributed by atoms with Crippen LogP contribution in [-0.2, 0) is 6.42 Å². The molecule has 4 aromatic heterocycles. The molecule has 0 aliphatic rings. The molecule has 0 spiro atoms. The molecule has 4 nitrogen and oxygen atoms in total. The largest absolute Gasteiger partial charge is 0.346 e. The van der Waals surface area contributed by atoms with Crippen molar-refractivity contribution in [1.29, 1.82) is 0 Å². The molecule has 5 rings (SSSR count). The van der Waals surface area contributed by atoms with Crippen LogP contribution in [0.15, 0.2) is 73.2 Å². The summed E-state index contributed by atoms with van der Waals surface area (Å²) in [6, 6.07) is 18.6. The van der Waals surface area contributed by atoms with Crippen LogP contribution in [0.4, 0.5) is 0 Å². The van der Waals surface area contributed by atoms with Gasteiger partial charge in [-0.15, -0.1) is 0 Å². The van der Waals surface area contributed by atoms with E-state index in [-0.39, 0.29) is 0 Å². The van der Waals surface area contributed by atoms with Crippen molar-refractivity contribution in [1.82, 2.24) is 19.9 Å². The summed E-state index contributed by atoms with van der Waals surface area (Å²) in [6.45, 7) is 0. The van der Waals surface area contributed by atoms with Gasteiger partial charge in [-0.05, 0) is 41.0 Å². The number of H-pyrrole nitrogens is 2. The molecule has 0 aliphatic carbocycles. The predicted octanol–water partition coefficient (Wildman–Crippen LogP) is 4.70. The lowest BCUT2D eigenvalue weighted by molar-refractivity contribution is 1.22. The van der Waals surface area contributed by atoms with Crippen molar-refractivity contribution in [2.24, 2.45) is 0 Å². The van der Waals surface area contributed by atoms with E-state index < -0.39 is 0 Å². The maximum Gasteiger partial charge on any atom is 0.137 e. The molecular weight excluding hydrogens is 308 g/mol. The first kappa shape index (κ1) is 14.0. The van der Waals surface area contributed by atoms with Crippen LogP contribution in [0.25, 0.3) is 33.3 Å². The van der Waals surface area contributed by atoms with Gasteiger partial charge in [0.2, 0.25) is 0 Å². The number of rotatable bonds is 3. The number of aromatic nitrogens is 4. The van der Waals surface area contributed by atoms with Crippen LogP contribution in [0.3, 0.4) is 0 Å². The summed E-state index contributed by atoms with van der Waals surface area (Å²) in [5.74, 6) is 0. The number of nitrogens with one attached hydrogen (secondary N) is 2. The highest BCUT2D eigenvalue weighted by atomic mass is 14.9. The molecule has 1 aromatic carbocycles. The molecule has 0 radical (unpaired) electrons. The lowest BCUT2D eigenvalue weighted by Crippen LogP contribution is -1.90. The minimum Gasteiger partial charge on any atom is -0.346 e. The number of aromatic amines is 2. The van der Waals surface area contributed by atoms with Gasteiger partial charge in [0.25, 0.3) is 0 Å². The quantitative estimate of drug-likeness (QED) is 0.505. The van der Waals surface area contributed by atoms with Gasteiger partial charge in [-0.3, -0.25) is 0 Å². The zero-order valence-corrected chi connectivity index (χ0v) is 13.5. The first-order valence-corrected chi connectivity index (χ1v) is 8.32. The molecule has 5 aromatic rings. The van der Waals surface area contributed by atoms with Gasteiger partial charge in [-0.25, -0.2) is 9.97 Å². The molecule has 0 saturated carbocycles. The van der Waals surface area contributed by atoms with Gasteiger partial charge in [0.05, 0.1) is 5.69 Å². The summed E-state index contributed by atoms with van der Waals surface area (Å²) in [5, 5.41) is 2.33. The Labute approximate surface area is 144 Å². The molecule has 0 unspecified atom stereocenters. The zero-order chi connectivity index (χ0) is 16.6. The molecule has 0 atom stereocenters. The Morgan fingerprint density at radius 1 is 0.760 bits per heavy atom. The number of benzene rings is 1. The van der Waals surface area contributed by atoms with Crippen LogP contribution < -0.4 is 0 Å². The Bertz CT molecular complexity index is 1170. The van der Waals surface area contributed by atoms with Crippen molar-refractivity contribution >= 4 is 22.1 Å². The van der Waals surface area contributed by atoms with E-state index in [2.05, 4.69) is 62.5 Å². The van der Waals surface area contributed by atoms with E-state index in [4.69, 9.17) is 0 Å². The Balaban J connectivity index is 1.72. The maximum absolute atomic E-state index is 4.50. The standard InChI is InChI=1S/C21H16N4/c1-2-6-14(7-3-1)19-18(17-9-5-11-23-21(17)25-19)12-15-13-24-20-16(15)8-4-10-22-20/h1-11,13H,12H2,(H,22,24)(H,23,25). The number of hydrogen-bond acceptors (Lipinski definition) is 2. The van der Waals surface area contributed by atoms with Crippen LogP contribution in [0.1, 0.15) is 11.1 Å². The third-order valence-corrected chi connectivity index (χ3v) is 4.64. The maximum atomic E-state index is 4.50. The fraction of sp³-hybridized carbons (Fsp3) is 0.0476. The average molecular weight is 324 g/mol.